The molecule has 4 heteroatoms. The smallest absolute Gasteiger partial charge is 0.234 e. The number of piperidine rings is 1. The molecule has 2 fully saturated rings. The lowest BCUT2D eigenvalue weighted by molar-refractivity contribution is -0.132. The monoisotopic (exact) mass is 286 g/mol. The average molecular weight is 286 g/mol. The SMILES string of the molecule is CC1(C)CC(=O)N(c2ccc(CNC3CC3)cc2)C(=O)C1. The third-order valence-electron chi connectivity index (χ3n) is 4.13. The Balaban J connectivity index is 1.70. The largest absolute Gasteiger partial charge is 0.310 e. The molecule has 112 valence electrons. The van der Waals surface area contributed by atoms with Crippen LogP contribution in [0.4, 0.5) is 5.69 Å². The van der Waals surface area contributed by atoms with E-state index >= 15 is 0 Å². The first-order valence-electron chi connectivity index (χ1n) is 7.63. The highest BCUT2D eigenvalue weighted by atomic mass is 16.2. The van der Waals surface area contributed by atoms with E-state index in [1.807, 2.05) is 38.1 Å². The molecule has 1 aromatic carbocycles. The van der Waals surface area contributed by atoms with Crippen LogP contribution < -0.4 is 10.2 Å². The van der Waals surface area contributed by atoms with Crippen molar-refractivity contribution in [3.63, 3.8) is 0 Å². The number of rotatable bonds is 4. The van der Waals surface area contributed by atoms with Crippen molar-refractivity contribution in [3.05, 3.63) is 29.8 Å². The molecular weight excluding hydrogens is 264 g/mol. The topological polar surface area (TPSA) is 49.4 Å². The Labute approximate surface area is 125 Å². The molecule has 1 N–H and O–H groups in total. The zero-order chi connectivity index (χ0) is 15.0. The number of imide groups is 1. The van der Waals surface area contributed by atoms with E-state index in [1.54, 1.807) is 0 Å². The summed E-state index contributed by atoms with van der Waals surface area (Å²) in [6.07, 6.45) is 3.38. The summed E-state index contributed by atoms with van der Waals surface area (Å²) in [6, 6.07) is 8.41. The van der Waals surface area contributed by atoms with Gasteiger partial charge in [-0.15, -0.1) is 0 Å². The highest BCUT2D eigenvalue weighted by Crippen LogP contribution is 2.34. The van der Waals surface area contributed by atoms with Gasteiger partial charge in [-0.25, -0.2) is 0 Å². The molecule has 2 aliphatic rings. The molecule has 21 heavy (non-hydrogen) atoms. The predicted molar refractivity (Wildman–Crippen MR) is 81.8 cm³/mol. The van der Waals surface area contributed by atoms with Crippen LogP contribution in [-0.2, 0) is 16.1 Å². The van der Waals surface area contributed by atoms with E-state index in [1.165, 1.54) is 23.3 Å². The Morgan fingerprint density at radius 3 is 2.19 bits per heavy atom. The molecule has 0 aromatic heterocycles. The van der Waals surface area contributed by atoms with Crippen molar-refractivity contribution in [2.45, 2.75) is 52.1 Å². The van der Waals surface area contributed by atoms with Gasteiger partial charge >= 0.3 is 0 Å². The summed E-state index contributed by atoms with van der Waals surface area (Å²) in [5, 5.41) is 3.45. The molecule has 0 atom stereocenters. The Bertz CT molecular complexity index is 539. The van der Waals surface area contributed by atoms with Gasteiger partial charge in [-0.1, -0.05) is 26.0 Å². The molecule has 2 amide bonds. The maximum atomic E-state index is 12.2. The fourth-order valence-corrected chi connectivity index (χ4v) is 2.78. The minimum atomic E-state index is -0.223. The lowest BCUT2D eigenvalue weighted by Crippen LogP contribution is -2.46. The predicted octanol–water partition coefficient (Wildman–Crippen LogP) is 2.62. The number of carbonyl (C=O) groups excluding carboxylic acids is 2. The highest BCUT2D eigenvalue weighted by molar-refractivity contribution is 6.16. The highest BCUT2D eigenvalue weighted by Gasteiger charge is 2.38. The van der Waals surface area contributed by atoms with E-state index in [9.17, 15) is 9.59 Å². The number of nitrogens with zero attached hydrogens (tertiary/aromatic N) is 1. The summed E-state index contributed by atoms with van der Waals surface area (Å²) in [7, 11) is 0. The quantitative estimate of drug-likeness (QED) is 0.866. The molecule has 1 heterocycles. The van der Waals surface area contributed by atoms with E-state index in [0.29, 0.717) is 24.6 Å². The molecular formula is C17H22N2O2. The van der Waals surface area contributed by atoms with Crippen LogP contribution in [0.15, 0.2) is 24.3 Å². The molecule has 1 aromatic rings. The van der Waals surface area contributed by atoms with Crippen LogP contribution in [-0.4, -0.2) is 17.9 Å². The average Bonchev–Trinajstić information content (AvgIpc) is 3.19. The van der Waals surface area contributed by atoms with Crippen molar-refractivity contribution >= 4 is 17.5 Å². The summed E-state index contributed by atoms with van der Waals surface area (Å²) in [5.41, 5.74) is 1.65. The van der Waals surface area contributed by atoms with Crippen LogP contribution in [0, 0.1) is 5.41 Å². The van der Waals surface area contributed by atoms with Crippen molar-refractivity contribution in [2.24, 2.45) is 5.41 Å². The minimum Gasteiger partial charge on any atom is -0.310 e. The van der Waals surface area contributed by atoms with Crippen LogP contribution in [0.5, 0.6) is 0 Å². The summed E-state index contributed by atoms with van der Waals surface area (Å²) < 4.78 is 0. The van der Waals surface area contributed by atoms with E-state index < -0.39 is 0 Å². The maximum Gasteiger partial charge on any atom is 0.234 e. The normalized spacial score (nSPS) is 21.7. The van der Waals surface area contributed by atoms with Gasteiger partial charge in [0.05, 0.1) is 5.69 Å². The van der Waals surface area contributed by atoms with Gasteiger partial charge in [-0.3, -0.25) is 14.5 Å². The van der Waals surface area contributed by atoms with Crippen molar-refractivity contribution in [2.75, 3.05) is 4.90 Å². The van der Waals surface area contributed by atoms with Crippen molar-refractivity contribution in [1.82, 2.24) is 5.32 Å². The number of carbonyl (C=O) groups is 2. The third-order valence-corrected chi connectivity index (χ3v) is 4.13. The zero-order valence-electron chi connectivity index (χ0n) is 12.7. The fourth-order valence-electron chi connectivity index (χ4n) is 2.78. The molecule has 0 unspecified atom stereocenters. The first kappa shape index (κ1) is 14.3. The Morgan fingerprint density at radius 1 is 1.10 bits per heavy atom. The molecule has 0 bridgehead atoms. The van der Waals surface area contributed by atoms with Crippen LogP contribution in [0.1, 0.15) is 45.1 Å². The van der Waals surface area contributed by atoms with Gasteiger partial charge in [-0.2, -0.15) is 0 Å². The third kappa shape index (κ3) is 3.32. The van der Waals surface area contributed by atoms with Gasteiger partial charge in [0.2, 0.25) is 11.8 Å². The molecule has 1 saturated heterocycles. The molecule has 0 spiro atoms. The van der Waals surface area contributed by atoms with Gasteiger partial charge in [0, 0.05) is 25.4 Å². The lowest BCUT2D eigenvalue weighted by atomic mass is 9.81. The lowest BCUT2D eigenvalue weighted by Gasteiger charge is -2.34. The van der Waals surface area contributed by atoms with Gasteiger partial charge in [-0.05, 0) is 36.0 Å². The summed E-state index contributed by atoms with van der Waals surface area (Å²) in [4.78, 5) is 25.8. The first-order valence-corrected chi connectivity index (χ1v) is 7.63. The molecule has 1 aliphatic carbocycles. The number of hydrogen-bond acceptors (Lipinski definition) is 3. The standard InChI is InChI=1S/C17H22N2O2/c1-17(2)9-15(20)19(16(21)10-17)14-7-3-12(4-8-14)11-18-13-5-6-13/h3-4,7-8,13,18H,5-6,9-11H2,1-2H3. The second-order valence-electron chi connectivity index (χ2n) is 6.96. The number of hydrogen-bond donors (Lipinski definition) is 1. The second-order valence-corrected chi connectivity index (χ2v) is 6.96. The van der Waals surface area contributed by atoms with E-state index in [2.05, 4.69) is 5.32 Å². The molecule has 3 rings (SSSR count). The van der Waals surface area contributed by atoms with E-state index in [4.69, 9.17) is 0 Å². The second kappa shape index (κ2) is 5.26. The summed E-state index contributed by atoms with van der Waals surface area (Å²) >= 11 is 0. The van der Waals surface area contributed by atoms with Crippen LogP contribution >= 0.6 is 0 Å². The maximum absolute atomic E-state index is 12.2. The number of nitrogens with one attached hydrogen (secondary N) is 1. The minimum absolute atomic E-state index is 0.0971. The number of benzene rings is 1. The van der Waals surface area contributed by atoms with Crippen LogP contribution in [0.25, 0.3) is 0 Å². The molecule has 4 nitrogen and oxygen atoms in total. The van der Waals surface area contributed by atoms with Gasteiger partial charge < -0.3 is 5.32 Å². The number of anilines is 1. The van der Waals surface area contributed by atoms with Crippen molar-refractivity contribution < 1.29 is 9.59 Å². The van der Waals surface area contributed by atoms with E-state index in [0.717, 1.165) is 6.54 Å². The van der Waals surface area contributed by atoms with Crippen molar-refractivity contribution in [1.29, 1.82) is 0 Å². The Morgan fingerprint density at radius 2 is 1.67 bits per heavy atom. The zero-order valence-corrected chi connectivity index (χ0v) is 12.7. The molecule has 0 radical (unpaired) electrons. The van der Waals surface area contributed by atoms with Gasteiger partial charge in [0.1, 0.15) is 0 Å². The Hall–Kier alpha value is -1.68. The van der Waals surface area contributed by atoms with Crippen molar-refractivity contribution in [3.8, 4) is 0 Å². The Kier molecular flexibility index (Phi) is 3.57. The van der Waals surface area contributed by atoms with Gasteiger partial charge in [0.25, 0.3) is 0 Å². The molecule has 1 aliphatic heterocycles. The first-order chi connectivity index (χ1) is 9.94. The van der Waals surface area contributed by atoms with E-state index in [-0.39, 0.29) is 17.2 Å². The molecule has 1 saturated carbocycles. The van der Waals surface area contributed by atoms with Gasteiger partial charge in [0.15, 0.2) is 0 Å². The van der Waals surface area contributed by atoms with Crippen LogP contribution in [0.3, 0.4) is 0 Å². The summed E-state index contributed by atoms with van der Waals surface area (Å²) in [5.74, 6) is -0.194. The fraction of sp³-hybridized carbons (Fsp3) is 0.529. The van der Waals surface area contributed by atoms with Crippen LogP contribution in [0.2, 0.25) is 0 Å². The summed E-state index contributed by atoms with van der Waals surface area (Å²) in [6.45, 7) is 4.78. The number of amides is 2.